The highest BCUT2D eigenvalue weighted by atomic mass is 32.2. The molecule has 0 rings (SSSR count). The maximum absolute atomic E-state index is 10.9. The maximum Gasteiger partial charge on any atom is 0.328 e. The third kappa shape index (κ3) is 8.72. The molecule has 84 valence electrons. The molecule has 0 fully saturated rings. The van der Waals surface area contributed by atoms with Crippen LogP contribution in [0.2, 0.25) is 0 Å². The minimum atomic E-state index is -0.669. The van der Waals surface area contributed by atoms with Gasteiger partial charge in [0.05, 0.1) is 13.2 Å². The van der Waals surface area contributed by atoms with Gasteiger partial charge in [0.1, 0.15) is 11.2 Å². The fraction of sp³-hybridized carbons (Fsp3) is 0.889. The number of ether oxygens (including phenoxy) is 2. The summed E-state index contributed by atoms with van der Waals surface area (Å²) >= 11 is 7.63. The fourth-order valence-corrected chi connectivity index (χ4v) is 0.803. The van der Waals surface area contributed by atoms with Crippen molar-refractivity contribution in [2.45, 2.75) is 25.4 Å². The van der Waals surface area contributed by atoms with Crippen LogP contribution in [0.15, 0.2) is 0 Å². The van der Waals surface area contributed by atoms with Crippen molar-refractivity contribution >= 4 is 31.2 Å². The van der Waals surface area contributed by atoms with Crippen molar-refractivity contribution in [3.63, 3.8) is 0 Å². The van der Waals surface area contributed by atoms with Gasteiger partial charge < -0.3 is 9.47 Å². The molecular weight excluding hydrogens is 220 g/mol. The van der Waals surface area contributed by atoms with E-state index in [1.807, 2.05) is 0 Å². The van der Waals surface area contributed by atoms with Crippen molar-refractivity contribution in [1.29, 1.82) is 0 Å². The second-order valence-electron chi connectivity index (χ2n) is 4.15. The third-order valence-electron chi connectivity index (χ3n) is 1.22. The van der Waals surface area contributed by atoms with E-state index in [-0.39, 0.29) is 12.0 Å². The smallest absolute Gasteiger partial charge is 0.328 e. The zero-order chi connectivity index (χ0) is 11.2. The summed E-state index contributed by atoms with van der Waals surface area (Å²) in [7, 11) is 0. The number of hydrogen-bond acceptors (Lipinski definition) is 5. The molecule has 5 heteroatoms. The lowest BCUT2D eigenvalue weighted by molar-refractivity contribution is -0.142. The minimum absolute atomic E-state index is 0.139. The van der Waals surface area contributed by atoms with Gasteiger partial charge >= 0.3 is 5.97 Å². The molecule has 3 nitrogen and oxygen atoms in total. The predicted molar refractivity (Wildman–Crippen MR) is 63.0 cm³/mol. The van der Waals surface area contributed by atoms with Gasteiger partial charge in [-0.2, -0.15) is 25.3 Å². The Bertz CT molecular complexity index is 175. The van der Waals surface area contributed by atoms with Crippen LogP contribution in [-0.4, -0.2) is 30.4 Å². The lowest BCUT2D eigenvalue weighted by Gasteiger charge is -2.17. The molecule has 0 saturated heterocycles. The zero-order valence-corrected chi connectivity index (χ0v) is 10.6. The van der Waals surface area contributed by atoms with Crippen LogP contribution in [0.3, 0.4) is 0 Å². The lowest BCUT2D eigenvalue weighted by Crippen LogP contribution is -2.19. The molecule has 0 aromatic heterocycles. The summed E-state index contributed by atoms with van der Waals surface area (Å²) in [5.41, 5.74) is 0.139. The average molecular weight is 238 g/mol. The molecule has 0 heterocycles. The van der Waals surface area contributed by atoms with Crippen LogP contribution in [0.25, 0.3) is 0 Å². The normalized spacial score (nSPS) is 11.9. The molecule has 0 unspecified atom stereocenters. The summed E-state index contributed by atoms with van der Waals surface area (Å²) in [6, 6.07) is 0. The van der Waals surface area contributed by atoms with Crippen molar-refractivity contribution in [1.82, 2.24) is 0 Å². The summed E-state index contributed by atoms with van der Waals surface area (Å²) in [4.78, 5) is 10.9. The average Bonchev–Trinajstić information content (AvgIpc) is 2.01. The Morgan fingerprint density at radius 1 is 1.29 bits per heavy atom. The molecule has 0 atom stereocenters. The topological polar surface area (TPSA) is 35.5 Å². The van der Waals surface area contributed by atoms with Crippen LogP contribution in [0.4, 0.5) is 0 Å². The van der Waals surface area contributed by atoms with E-state index in [4.69, 9.17) is 9.47 Å². The standard InChI is InChI=1S/C9H18O3S2/c1-9(2,3)6-11-4-5-12-7(10)8(13)14/h8,13-14H,4-6H2,1-3H3. The molecule has 0 aliphatic carbocycles. The van der Waals surface area contributed by atoms with Gasteiger partial charge in [-0.1, -0.05) is 20.8 Å². The number of carbonyl (C=O) groups is 1. The molecule has 0 N–H and O–H groups in total. The van der Waals surface area contributed by atoms with Crippen LogP contribution in [0.5, 0.6) is 0 Å². The largest absolute Gasteiger partial charge is 0.462 e. The van der Waals surface area contributed by atoms with Crippen molar-refractivity contribution in [3.8, 4) is 0 Å². The van der Waals surface area contributed by atoms with Crippen molar-refractivity contribution < 1.29 is 14.3 Å². The first kappa shape index (κ1) is 14.1. The summed E-state index contributed by atoms with van der Waals surface area (Å²) in [6.07, 6.45) is 0. The molecule has 14 heavy (non-hydrogen) atoms. The second kappa shape index (κ2) is 6.58. The van der Waals surface area contributed by atoms with E-state index in [2.05, 4.69) is 46.0 Å². The molecule has 0 aliphatic heterocycles. The molecule has 0 aromatic rings. The van der Waals surface area contributed by atoms with Crippen molar-refractivity contribution in [2.24, 2.45) is 5.41 Å². The summed E-state index contributed by atoms with van der Waals surface area (Å²) in [5, 5.41) is 0. The Morgan fingerprint density at radius 2 is 1.86 bits per heavy atom. The lowest BCUT2D eigenvalue weighted by atomic mass is 9.99. The Labute approximate surface area is 96.4 Å². The third-order valence-corrected chi connectivity index (χ3v) is 1.64. The van der Waals surface area contributed by atoms with Crippen molar-refractivity contribution in [2.75, 3.05) is 19.8 Å². The Balaban J connectivity index is 3.35. The molecule has 0 radical (unpaired) electrons. The molecule has 0 spiro atoms. The van der Waals surface area contributed by atoms with Crippen LogP contribution >= 0.6 is 25.3 Å². The highest BCUT2D eigenvalue weighted by Crippen LogP contribution is 2.12. The first-order valence-corrected chi connectivity index (χ1v) is 5.47. The van der Waals surface area contributed by atoms with Gasteiger partial charge in [0.25, 0.3) is 0 Å². The van der Waals surface area contributed by atoms with E-state index in [1.54, 1.807) is 0 Å². The minimum Gasteiger partial charge on any atom is -0.462 e. The Hall–Kier alpha value is 0.130. The van der Waals surface area contributed by atoms with Crippen LogP contribution in [0, 0.1) is 5.41 Å². The highest BCUT2D eigenvalue weighted by Gasteiger charge is 2.11. The van der Waals surface area contributed by atoms with Gasteiger partial charge in [0, 0.05) is 0 Å². The second-order valence-corrected chi connectivity index (χ2v) is 5.59. The van der Waals surface area contributed by atoms with Gasteiger partial charge in [-0.25, -0.2) is 4.79 Å². The molecule has 0 amide bonds. The summed E-state index contributed by atoms with van der Waals surface area (Å²) < 4.78 is 9.43. The first-order chi connectivity index (χ1) is 6.33. The monoisotopic (exact) mass is 238 g/mol. The first-order valence-electron chi connectivity index (χ1n) is 4.43. The van der Waals surface area contributed by atoms with Crippen LogP contribution < -0.4 is 0 Å². The van der Waals surface area contributed by atoms with Crippen molar-refractivity contribution in [3.05, 3.63) is 0 Å². The van der Waals surface area contributed by atoms with E-state index in [1.165, 1.54) is 0 Å². The Kier molecular flexibility index (Phi) is 6.64. The number of carbonyl (C=O) groups excluding carboxylic acids is 1. The van der Waals surface area contributed by atoms with E-state index in [0.717, 1.165) is 0 Å². The van der Waals surface area contributed by atoms with Gasteiger partial charge in [-0.3, -0.25) is 0 Å². The van der Waals surface area contributed by atoms with Gasteiger partial charge in [0.15, 0.2) is 0 Å². The highest BCUT2D eigenvalue weighted by molar-refractivity contribution is 8.00. The zero-order valence-electron chi connectivity index (χ0n) is 8.82. The van der Waals surface area contributed by atoms with Gasteiger partial charge in [-0.05, 0) is 5.41 Å². The number of esters is 1. The number of rotatable bonds is 5. The van der Waals surface area contributed by atoms with Crippen LogP contribution in [-0.2, 0) is 14.3 Å². The quantitative estimate of drug-likeness (QED) is 0.332. The fourth-order valence-electron chi connectivity index (χ4n) is 0.654. The molecule has 0 aliphatic rings. The van der Waals surface area contributed by atoms with E-state index < -0.39 is 10.6 Å². The number of hydrogen-bond donors (Lipinski definition) is 2. The van der Waals surface area contributed by atoms with Gasteiger partial charge in [-0.15, -0.1) is 0 Å². The Morgan fingerprint density at radius 3 is 2.29 bits per heavy atom. The predicted octanol–water partition coefficient (Wildman–Crippen LogP) is 1.78. The summed E-state index contributed by atoms with van der Waals surface area (Å²) in [6.45, 7) is 7.56. The van der Waals surface area contributed by atoms with E-state index in [9.17, 15) is 4.79 Å². The maximum atomic E-state index is 10.9. The van der Waals surface area contributed by atoms with E-state index in [0.29, 0.717) is 13.2 Å². The molecular formula is C9H18O3S2. The van der Waals surface area contributed by atoms with Gasteiger partial charge in [0.2, 0.25) is 0 Å². The molecule has 0 bridgehead atoms. The SMILES string of the molecule is CC(C)(C)COCCOC(=O)C(S)S. The summed E-state index contributed by atoms with van der Waals surface area (Å²) in [5.74, 6) is -0.434. The van der Waals surface area contributed by atoms with Crippen LogP contribution in [0.1, 0.15) is 20.8 Å². The molecule has 0 aromatic carbocycles. The van der Waals surface area contributed by atoms with E-state index >= 15 is 0 Å². The molecule has 0 saturated carbocycles. The number of thiol groups is 2.